The fraction of sp³-hybridized carbons (Fsp3) is 0.333. The van der Waals surface area contributed by atoms with Crippen molar-refractivity contribution < 1.29 is 29.5 Å². The molecule has 0 heterocycles. The molecule has 12 heteroatoms. The lowest BCUT2D eigenvalue weighted by molar-refractivity contribution is -0.176. The topological polar surface area (TPSA) is 222 Å². The summed E-state index contributed by atoms with van der Waals surface area (Å²) in [6.45, 7) is 0. The quantitative estimate of drug-likeness (QED) is 0.0845. The van der Waals surface area contributed by atoms with E-state index >= 15 is 0 Å². The van der Waals surface area contributed by atoms with Crippen molar-refractivity contribution in [3.05, 3.63) is 0 Å². The van der Waals surface area contributed by atoms with E-state index in [9.17, 15) is 9.59 Å². The summed E-state index contributed by atoms with van der Waals surface area (Å²) >= 11 is 0. The first-order chi connectivity index (χ1) is 8.25. The monoisotopic (exact) mass is 264 g/mol. The van der Waals surface area contributed by atoms with Gasteiger partial charge < -0.3 is 42.8 Å². The first-order valence-electron chi connectivity index (χ1n) is 4.19. The predicted molar refractivity (Wildman–Crippen MR) is 55.8 cm³/mol. The Labute approximate surface area is 99.8 Å². The molecule has 12 nitrogen and oxygen atoms in total. The second-order valence-electron chi connectivity index (χ2n) is 2.68. The van der Waals surface area contributed by atoms with Crippen LogP contribution in [-0.4, -0.2) is 46.3 Å². The van der Waals surface area contributed by atoms with Gasteiger partial charge >= 0.3 is 0 Å². The van der Waals surface area contributed by atoms with E-state index < -0.39 is 36.1 Å². The maximum Gasteiger partial charge on any atom is 0.292 e. The van der Waals surface area contributed by atoms with Gasteiger partial charge in [-0.2, -0.15) is 0 Å². The molecule has 0 radical (unpaired) electrons. The maximum atomic E-state index is 11.1. The Balaban J connectivity index is 4.45. The third-order valence-corrected chi connectivity index (χ3v) is 1.21. The van der Waals surface area contributed by atoms with Gasteiger partial charge in [0.25, 0.3) is 24.1 Å². The van der Waals surface area contributed by atoms with E-state index in [0.29, 0.717) is 0 Å². The van der Waals surface area contributed by atoms with Crippen LogP contribution in [0.15, 0.2) is 10.3 Å². The average molecular weight is 264 g/mol. The van der Waals surface area contributed by atoms with Gasteiger partial charge in [0.2, 0.25) is 11.9 Å². The molecule has 0 bridgehead atoms. The molecule has 0 amide bonds. The van der Waals surface area contributed by atoms with Gasteiger partial charge in [0, 0.05) is 0 Å². The third kappa shape index (κ3) is 5.47. The van der Waals surface area contributed by atoms with Crippen LogP contribution in [0.25, 0.3) is 0 Å². The molecular weight excluding hydrogens is 252 g/mol. The van der Waals surface area contributed by atoms with Gasteiger partial charge in [0.15, 0.2) is 0 Å². The number of ketones is 2. The van der Waals surface area contributed by atoms with E-state index in [1.165, 1.54) is 0 Å². The highest BCUT2D eigenvalue weighted by atomic mass is 16.7. The molecule has 102 valence electrons. The molecule has 0 spiro atoms. The summed E-state index contributed by atoms with van der Waals surface area (Å²) in [4.78, 5) is 30.3. The zero-order chi connectivity index (χ0) is 14.3. The molecule has 0 aromatic heterocycles. The minimum Gasteiger partial charge on any atom is -0.367 e. The molecule has 0 aromatic rings. The number of oxime groups is 2. The summed E-state index contributed by atoms with van der Waals surface area (Å²) in [5, 5.41) is 23.6. The maximum absolute atomic E-state index is 11.1. The van der Waals surface area contributed by atoms with Gasteiger partial charge in [-0.1, -0.05) is 0 Å². The zero-order valence-corrected chi connectivity index (χ0v) is 8.89. The summed E-state index contributed by atoms with van der Waals surface area (Å²) in [5.41, 5.74) is 19.3. The van der Waals surface area contributed by atoms with Crippen molar-refractivity contribution in [2.45, 2.75) is 12.6 Å². The molecule has 0 aliphatic carbocycles. The third-order valence-electron chi connectivity index (χ3n) is 1.21. The standard InChI is InChI=1S/C6H12N6O6/c7-5(8)11-17-3(15)1(13)2(14)4(16)18-12-6(9)10/h3-4,15-16H,(H4,7,8,11)(H4,9,10,12). The van der Waals surface area contributed by atoms with Crippen molar-refractivity contribution in [1.29, 1.82) is 0 Å². The molecule has 0 aromatic carbocycles. The largest absolute Gasteiger partial charge is 0.367 e. The van der Waals surface area contributed by atoms with Crippen LogP contribution >= 0.6 is 0 Å². The van der Waals surface area contributed by atoms with E-state index in [1.807, 2.05) is 0 Å². The lowest BCUT2D eigenvalue weighted by Gasteiger charge is -2.09. The summed E-state index contributed by atoms with van der Waals surface area (Å²) in [6, 6.07) is 0. The Hall–Kier alpha value is -2.60. The lowest BCUT2D eigenvalue weighted by atomic mass is 10.2. The summed E-state index contributed by atoms with van der Waals surface area (Å²) in [5.74, 6) is -4.32. The van der Waals surface area contributed by atoms with Gasteiger partial charge in [0.1, 0.15) is 0 Å². The Morgan fingerprint density at radius 1 is 0.833 bits per heavy atom. The van der Waals surface area contributed by atoms with Crippen molar-refractivity contribution >= 4 is 23.5 Å². The summed E-state index contributed by atoms with van der Waals surface area (Å²) in [7, 11) is 0. The smallest absolute Gasteiger partial charge is 0.292 e. The van der Waals surface area contributed by atoms with Crippen molar-refractivity contribution in [2.24, 2.45) is 33.2 Å². The van der Waals surface area contributed by atoms with E-state index in [-0.39, 0.29) is 0 Å². The number of nitrogens with zero attached hydrogens (tertiary/aromatic N) is 2. The highest BCUT2D eigenvalue weighted by Gasteiger charge is 2.32. The Kier molecular flexibility index (Phi) is 5.88. The van der Waals surface area contributed by atoms with Crippen LogP contribution in [0.4, 0.5) is 0 Å². The minimum absolute atomic E-state index is 0.591. The minimum atomic E-state index is -2.31. The van der Waals surface area contributed by atoms with Gasteiger partial charge in [-0.15, -0.1) is 0 Å². The second kappa shape index (κ2) is 6.87. The number of carbonyl (C=O) groups excluding carboxylic acids is 2. The molecule has 18 heavy (non-hydrogen) atoms. The Bertz CT molecular complexity index is 337. The van der Waals surface area contributed by atoms with Gasteiger partial charge in [-0.3, -0.25) is 9.59 Å². The Morgan fingerprint density at radius 2 is 1.11 bits per heavy atom. The van der Waals surface area contributed by atoms with Crippen molar-refractivity contribution in [3.63, 3.8) is 0 Å². The number of rotatable bonds is 7. The zero-order valence-electron chi connectivity index (χ0n) is 8.89. The first-order valence-corrected chi connectivity index (χ1v) is 4.19. The van der Waals surface area contributed by atoms with E-state index in [4.69, 9.17) is 33.1 Å². The van der Waals surface area contributed by atoms with E-state index in [1.54, 1.807) is 0 Å². The van der Waals surface area contributed by atoms with Gasteiger partial charge in [-0.05, 0) is 10.3 Å². The molecule has 0 saturated heterocycles. The summed E-state index contributed by atoms with van der Waals surface area (Å²) < 4.78 is 0. The van der Waals surface area contributed by atoms with Crippen LogP contribution in [-0.2, 0) is 19.3 Å². The molecule has 10 N–H and O–H groups in total. The number of aliphatic hydroxyl groups is 2. The van der Waals surface area contributed by atoms with Crippen LogP contribution in [0.2, 0.25) is 0 Å². The summed E-state index contributed by atoms with van der Waals surface area (Å²) in [6.07, 6.45) is -4.62. The second-order valence-corrected chi connectivity index (χ2v) is 2.68. The van der Waals surface area contributed by atoms with Crippen molar-refractivity contribution in [2.75, 3.05) is 0 Å². The van der Waals surface area contributed by atoms with Crippen LogP contribution in [0.3, 0.4) is 0 Å². The normalized spacial score (nSPS) is 12.8. The number of Topliss-reactive ketones (excluding diaryl/α,β-unsaturated/α-hetero) is 2. The predicted octanol–water partition coefficient (Wildman–Crippen LogP) is -4.83. The molecule has 2 atom stereocenters. The number of guanidine groups is 2. The lowest BCUT2D eigenvalue weighted by Crippen LogP contribution is -2.38. The van der Waals surface area contributed by atoms with Crippen molar-refractivity contribution in [1.82, 2.24) is 0 Å². The molecule has 0 rings (SSSR count). The molecule has 2 unspecified atom stereocenters. The first kappa shape index (κ1) is 15.4. The number of hydrogen-bond acceptors (Lipinski definition) is 8. The van der Waals surface area contributed by atoms with Crippen LogP contribution < -0.4 is 22.9 Å². The fourth-order valence-corrected chi connectivity index (χ4v) is 0.561. The fourth-order valence-electron chi connectivity index (χ4n) is 0.561. The van der Waals surface area contributed by atoms with Gasteiger partial charge in [0.05, 0.1) is 0 Å². The number of aliphatic hydroxyl groups excluding tert-OH is 2. The highest BCUT2D eigenvalue weighted by Crippen LogP contribution is 1.98. The number of carbonyl (C=O) groups is 2. The highest BCUT2D eigenvalue weighted by molar-refractivity contribution is 6.39. The molecule has 0 saturated carbocycles. The van der Waals surface area contributed by atoms with E-state index in [2.05, 4.69) is 20.0 Å². The Morgan fingerprint density at radius 3 is 1.33 bits per heavy atom. The molecule has 0 aliphatic rings. The molecular formula is C6H12N6O6. The SMILES string of the molecule is NC(N)=NOC(O)C(=O)C(=O)C(O)ON=C(N)N. The van der Waals surface area contributed by atoms with Crippen LogP contribution in [0, 0.1) is 0 Å². The number of hydrogen-bond donors (Lipinski definition) is 6. The van der Waals surface area contributed by atoms with Crippen molar-refractivity contribution in [3.8, 4) is 0 Å². The number of nitrogens with two attached hydrogens (primary N) is 4. The van der Waals surface area contributed by atoms with Crippen LogP contribution in [0.1, 0.15) is 0 Å². The average Bonchev–Trinajstić information content (AvgIpc) is 2.30. The van der Waals surface area contributed by atoms with Gasteiger partial charge in [-0.25, -0.2) is 0 Å². The molecule has 0 aliphatic heterocycles. The molecule has 0 fully saturated rings. The van der Waals surface area contributed by atoms with Crippen LogP contribution in [0.5, 0.6) is 0 Å². The van der Waals surface area contributed by atoms with E-state index in [0.717, 1.165) is 0 Å².